The summed E-state index contributed by atoms with van der Waals surface area (Å²) in [5.74, 6) is -0.653. The molecule has 0 aromatic carbocycles. The van der Waals surface area contributed by atoms with Crippen molar-refractivity contribution in [2.45, 2.75) is 413 Å². The summed E-state index contributed by atoms with van der Waals surface area (Å²) >= 11 is 0. The van der Waals surface area contributed by atoms with Gasteiger partial charge in [0.1, 0.15) is 19.3 Å². The van der Waals surface area contributed by atoms with E-state index in [4.69, 9.17) is 37.0 Å². The fourth-order valence-corrected chi connectivity index (χ4v) is 13.2. The highest BCUT2D eigenvalue weighted by molar-refractivity contribution is 7.47. The van der Waals surface area contributed by atoms with Crippen LogP contribution in [0.25, 0.3) is 0 Å². The van der Waals surface area contributed by atoms with Gasteiger partial charge in [-0.3, -0.25) is 37.3 Å². The number of ether oxygens (including phenoxy) is 4. The molecule has 2 unspecified atom stereocenters. The zero-order valence-electron chi connectivity index (χ0n) is 62.0. The van der Waals surface area contributed by atoms with Crippen LogP contribution >= 0.6 is 15.6 Å². The summed E-state index contributed by atoms with van der Waals surface area (Å²) in [5, 5.41) is 10.6. The molecule has 19 heteroatoms. The summed E-state index contributed by atoms with van der Waals surface area (Å²) in [5.41, 5.74) is 0. The Hall–Kier alpha value is -1.94. The molecule has 0 aromatic rings. The number of aliphatic hydroxyl groups excluding tert-OH is 1. The summed E-state index contributed by atoms with van der Waals surface area (Å²) < 4.78 is 68.4. The van der Waals surface area contributed by atoms with Crippen LogP contribution in [0, 0.1) is 11.8 Å². The number of hydrogen-bond donors (Lipinski definition) is 3. The van der Waals surface area contributed by atoms with Crippen LogP contribution in [0.2, 0.25) is 0 Å². The largest absolute Gasteiger partial charge is 0.472 e. The summed E-state index contributed by atoms with van der Waals surface area (Å²) in [6, 6.07) is 0. The van der Waals surface area contributed by atoms with Gasteiger partial charge in [-0.1, -0.05) is 343 Å². The van der Waals surface area contributed by atoms with Gasteiger partial charge in [-0.25, -0.2) is 9.13 Å². The first-order chi connectivity index (χ1) is 45.9. The van der Waals surface area contributed by atoms with Gasteiger partial charge >= 0.3 is 39.5 Å². The Balaban J connectivity index is 5.18. The predicted octanol–water partition coefficient (Wildman–Crippen LogP) is 22.3. The number of aliphatic hydroxyl groups is 1. The van der Waals surface area contributed by atoms with Crippen LogP contribution in [0.15, 0.2) is 0 Å². The summed E-state index contributed by atoms with van der Waals surface area (Å²) in [7, 11) is -9.91. The van der Waals surface area contributed by atoms with Crippen LogP contribution in [0.4, 0.5) is 0 Å². The second-order valence-corrected chi connectivity index (χ2v) is 31.3. The van der Waals surface area contributed by atoms with E-state index in [0.29, 0.717) is 31.6 Å². The molecule has 5 atom stereocenters. The average molecular weight is 1400 g/mol. The van der Waals surface area contributed by atoms with Crippen LogP contribution in [0.5, 0.6) is 0 Å². The minimum absolute atomic E-state index is 0.102. The molecule has 0 spiro atoms. The zero-order chi connectivity index (χ0) is 70.0. The number of esters is 4. The molecule has 0 aliphatic rings. The molecule has 0 rings (SSSR count). The molecule has 0 amide bonds. The maximum Gasteiger partial charge on any atom is 0.472 e. The maximum absolute atomic E-state index is 13.1. The van der Waals surface area contributed by atoms with Crippen LogP contribution in [-0.4, -0.2) is 96.7 Å². The van der Waals surface area contributed by atoms with Crippen molar-refractivity contribution in [1.82, 2.24) is 0 Å². The molecule has 17 nitrogen and oxygen atoms in total. The Morgan fingerprint density at radius 3 is 0.716 bits per heavy atom. The van der Waals surface area contributed by atoms with Crippen molar-refractivity contribution in [3.05, 3.63) is 0 Å². The number of rotatable bonds is 75. The number of phosphoric acid groups is 2. The minimum atomic E-state index is -4.96. The third kappa shape index (κ3) is 70.3. The SMILES string of the molecule is CCCCCCCCCCCCCCCCCCCCCCC(=O)O[C@H](COC(=O)CCCCCCCCCCCCCCCCC(C)C)COP(=O)(O)OC[C@@H](O)COP(=O)(O)OC[C@@H](COC(=O)CCCCCCCCCCC)OC(=O)CCCCCCCCC(C)C. The molecule has 0 heterocycles. The van der Waals surface area contributed by atoms with Crippen molar-refractivity contribution < 1.29 is 80.2 Å². The number of carbonyl (C=O) groups excluding carboxylic acids is 4. The van der Waals surface area contributed by atoms with Gasteiger partial charge in [0.2, 0.25) is 0 Å². The quantitative estimate of drug-likeness (QED) is 0.0222. The molecule has 0 bridgehead atoms. The van der Waals surface area contributed by atoms with Crippen molar-refractivity contribution in [2.75, 3.05) is 39.6 Å². The van der Waals surface area contributed by atoms with Crippen molar-refractivity contribution >= 4 is 39.5 Å². The lowest BCUT2D eigenvalue weighted by molar-refractivity contribution is -0.161. The van der Waals surface area contributed by atoms with E-state index in [1.807, 2.05) is 0 Å². The highest BCUT2D eigenvalue weighted by Crippen LogP contribution is 2.45. The Kier molecular flexibility index (Phi) is 66.5. The Morgan fingerprint density at radius 1 is 0.284 bits per heavy atom. The summed E-state index contributed by atoms with van der Waals surface area (Å²) in [6.07, 6.45) is 55.8. The molecule has 95 heavy (non-hydrogen) atoms. The van der Waals surface area contributed by atoms with Gasteiger partial charge in [0.05, 0.1) is 26.4 Å². The normalized spacial score (nSPS) is 14.0. The number of unbranched alkanes of at least 4 members (excludes halogenated alkanes) is 45. The summed E-state index contributed by atoms with van der Waals surface area (Å²) in [4.78, 5) is 72.7. The number of hydrogen-bond acceptors (Lipinski definition) is 15. The summed E-state index contributed by atoms with van der Waals surface area (Å²) in [6.45, 7) is 9.51. The van der Waals surface area contributed by atoms with Crippen LogP contribution in [-0.2, 0) is 65.4 Å². The first-order valence-corrected chi connectivity index (χ1v) is 42.5. The smallest absolute Gasteiger partial charge is 0.462 e. The first-order valence-electron chi connectivity index (χ1n) is 39.5. The van der Waals surface area contributed by atoms with E-state index < -0.39 is 97.5 Å². The lowest BCUT2D eigenvalue weighted by Crippen LogP contribution is -2.30. The molecular weight excluding hydrogens is 1250 g/mol. The highest BCUT2D eigenvalue weighted by atomic mass is 31.2. The monoisotopic (exact) mass is 1400 g/mol. The molecule has 0 aliphatic carbocycles. The Morgan fingerprint density at radius 2 is 0.484 bits per heavy atom. The van der Waals surface area contributed by atoms with Gasteiger partial charge in [-0.15, -0.1) is 0 Å². The number of phosphoric ester groups is 2. The predicted molar refractivity (Wildman–Crippen MR) is 386 cm³/mol. The first kappa shape index (κ1) is 93.1. The third-order valence-electron chi connectivity index (χ3n) is 17.7. The van der Waals surface area contributed by atoms with Crippen LogP contribution in [0.1, 0.15) is 395 Å². The van der Waals surface area contributed by atoms with Gasteiger partial charge < -0.3 is 33.8 Å². The lowest BCUT2D eigenvalue weighted by atomic mass is 10.0. The molecule has 0 fully saturated rings. The second kappa shape index (κ2) is 67.9. The van der Waals surface area contributed by atoms with E-state index in [0.717, 1.165) is 95.8 Å². The molecular formula is C76H148O17P2. The topological polar surface area (TPSA) is 237 Å². The molecule has 0 aromatic heterocycles. The fraction of sp³-hybridized carbons (Fsp3) is 0.947. The molecule has 0 saturated carbocycles. The van der Waals surface area contributed by atoms with Gasteiger partial charge in [0.15, 0.2) is 12.2 Å². The van der Waals surface area contributed by atoms with Gasteiger partial charge in [-0.2, -0.15) is 0 Å². The van der Waals surface area contributed by atoms with Crippen molar-refractivity contribution in [2.24, 2.45) is 11.8 Å². The minimum Gasteiger partial charge on any atom is -0.462 e. The van der Waals surface area contributed by atoms with Crippen LogP contribution < -0.4 is 0 Å². The van der Waals surface area contributed by atoms with Gasteiger partial charge in [-0.05, 0) is 37.5 Å². The van der Waals surface area contributed by atoms with E-state index in [-0.39, 0.29) is 25.7 Å². The molecule has 564 valence electrons. The van der Waals surface area contributed by atoms with E-state index in [2.05, 4.69) is 41.5 Å². The molecule has 0 saturated heterocycles. The van der Waals surface area contributed by atoms with Crippen LogP contribution in [0.3, 0.4) is 0 Å². The maximum atomic E-state index is 13.1. The van der Waals surface area contributed by atoms with Crippen molar-refractivity contribution in [3.63, 3.8) is 0 Å². The van der Waals surface area contributed by atoms with Crippen molar-refractivity contribution in [1.29, 1.82) is 0 Å². The molecule has 0 aliphatic heterocycles. The van der Waals surface area contributed by atoms with E-state index in [1.54, 1.807) is 0 Å². The van der Waals surface area contributed by atoms with Gasteiger partial charge in [0, 0.05) is 25.7 Å². The fourth-order valence-electron chi connectivity index (χ4n) is 11.7. The molecule has 3 N–H and O–H groups in total. The highest BCUT2D eigenvalue weighted by Gasteiger charge is 2.30. The standard InChI is InChI=1S/C76H148O17P2/c1-7-9-11-13-15-17-18-19-20-21-22-23-24-25-30-33-37-41-48-54-60-75(80)92-71(64-87-74(79)59-53-47-40-36-32-29-27-26-28-31-35-38-44-50-56-68(3)4)66-90-94(82,83)88-62-70(77)63-89-95(84,85)91-67-72(93-76(81)61-55-49-43-42-45-51-57-69(5)6)65-86-73(78)58-52-46-39-34-16-14-12-10-8-2/h68-72,77H,7-67H2,1-6H3,(H,82,83)(H,84,85)/t70-,71-,72-/m1/s1. The Bertz CT molecular complexity index is 1840. The third-order valence-corrected chi connectivity index (χ3v) is 19.6. The van der Waals surface area contributed by atoms with Crippen molar-refractivity contribution in [3.8, 4) is 0 Å². The number of carbonyl (C=O) groups is 4. The van der Waals surface area contributed by atoms with E-state index in [1.165, 1.54) is 212 Å². The van der Waals surface area contributed by atoms with Gasteiger partial charge in [0.25, 0.3) is 0 Å². The molecule has 0 radical (unpaired) electrons. The lowest BCUT2D eigenvalue weighted by Gasteiger charge is -2.21. The average Bonchev–Trinajstić information content (AvgIpc) is 2.61. The zero-order valence-corrected chi connectivity index (χ0v) is 63.8. The second-order valence-electron chi connectivity index (χ2n) is 28.3. The Labute approximate surface area is 581 Å². The van der Waals surface area contributed by atoms with E-state index in [9.17, 15) is 43.2 Å². The van der Waals surface area contributed by atoms with E-state index >= 15 is 0 Å².